The second kappa shape index (κ2) is 9.85. The minimum Gasteiger partial charge on any atom is -0.385 e. The molecule has 3 N–H and O–H groups in total. The lowest BCUT2D eigenvalue weighted by molar-refractivity contribution is 0.0531. The Hall–Kier alpha value is -3.17. The van der Waals surface area contributed by atoms with Gasteiger partial charge in [0, 0.05) is 48.5 Å². The second-order valence-corrected chi connectivity index (χ2v) is 6.88. The summed E-state index contributed by atoms with van der Waals surface area (Å²) in [6.07, 6.45) is 3.84. The summed E-state index contributed by atoms with van der Waals surface area (Å²) in [7, 11) is 1.87. The van der Waals surface area contributed by atoms with E-state index in [1.54, 1.807) is 0 Å². The highest BCUT2D eigenvalue weighted by Gasteiger charge is 2.10. The zero-order valence-corrected chi connectivity index (χ0v) is 16.7. The quantitative estimate of drug-likeness (QED) is 0.747. The van der Waals surface area contributed by atoms with Crippen LogP contribution in [0.25, 0.3) is 12.7 Å². The number of benzene rings is 1. The Kier molecular flexibility index (Phi) is 6.99. The summed E-state index contributed by atoms with van der Waals surface area (Å²) >= 11 is 0. The van der Waals surface area contributed by atoms with Crippen LogP contribution in [-0.4, -0.2) is 56.5 Å². The van der Waals surface area contributed by atoms with E-state index in [4.69, 9.17) is 10.5 Å². The first-order valence-corrected chi connectivity index (χ1v) is 9.64. The fourth-order valence-corrected chi connectivity index (χ4v) is 3.03. The predicted molar refractivity (Wildman–Crippen MR) is 116 cm³/mol. The maximum absolute atomic E-state index is 12.5. The molecule has 0 unspecified atom stereocenters. The van der Waals surface area contributed by atoms with E-state index in [1.807, 2.05) is 54.4 Å². The number of nitrogens with one attached hydrogen (secondary N) is 1. The van der Waals surface area contributed by atoms with Gasteiger partial charge in [-0.1, -0.05) is 12.5 Å². The number of halogens is 1. The number of morpholine rings is 1. The Morgan fingerprint density at radius 1 is 1.31 bits per heavy atom. The molecule has 6 heteroatoms. The van der Waals surface area contributed by atoms with Crippen LogP contribution in [-0.2, 0) is 4.74 Å². The van der Waals surface area contributed by atoms with Gasteiger partial charge in [-0.05, 0) is 48.4 Å². The fourth-order valence-electron chi connectivity index (χ4n) is 3.03. The summed E-state index contributed by atoms with van der Waals surface area (Å²) in [5.74, 6) is 6.99. The first-order valence-electron chi connectivity index (χ1n) is 9.64. The molecular weight excluding hydrogens is 367 g/mol. The van der Waals surface area contributed by atoms with Gasteiger partial charge in [-0.2, -0.15) is 0 Å². The highest BCUT2D eigenvalue weighted by Crippen LogP contribution is 2.13. The summed E-state index contributed by atoms with van der Waals surface area (Å²) < 4.78 is 17.8. The minimum atomic E-state index is -0.370. The number of H-pyrrole nitrogens is 1. The summed E-state index contributed by atoms with van der Waals surface area (Å²) in [5.41, 5.74) is 8.81. The monoisotopic (exact) mass is 394 g/mol. The van der Waals surface area contributed by atoms with Crippen molar-refractivity contribution in [1.29, 1.82) is 0 Å². The number of nitrogens with zero attached hydrogens (tertiary/aromatic N) is 2. The lowest BCUT2D eigenvalue weighted by atomic mass is 10.2. The normalized spacial score (nSPS) is 15.2. The molecule has 1 aliphatic heterocycles. The van der Waals surface area contributed by atoms with Crippen LogP contribution in [0.1, 0.15) is 11.3 Å². The molecule has 1 fully saturated rings. The lowest BCUT2D eigenvalue weighted by Gasteiger charge is -2.28. The van der Waals surface area contributed by atoms with Crippen LogP contribution in [0.2, 0.25) is 0 Å². The largest absolute Gasteiger partial charge is 0.385 e. The Balaban J connectivity index is 1.72. The summed E-state index contributed by atoms with van der Waals surface area (Å²) in [5, 5.41) is 1.75. The number of rotatable bonds is 5. The molecule has 0 saturated carbocycles. The Labute approximate surface area is 171 Å². The van der Waals surface area contributed by atoms with Gasteiger partial charge in [-0.15, -0.1) is 0 Å². The molecule has 3 rings (SSSR count). The van der Waals surface area contributed by atoms with Gasteiger partial charge in [-0.3, -0.25) is 0 Å². The van der Waals surface area contributed by atoms with Crippen molar-refractivity contribution in [3.63, 3.8) is 0 Å². The first kappa shape index (κ1) is 20.6. The highest BCUT2D eigenvalue weighted by atomic mass is 19.1. The van der Waals surface area contributed by atoms with Gasteiger partial charge in [0.25, 0.3) is 0 Å². The van der Waals surface area contributed by atoms with Crippen molar-refractivity contribution in [2.75, 3.05) is 51.5 Å². The van der Waals surface area contributed by atoms with Crippen LogP contribution in [0.15, 0.2) is 42.2 Å². The van der Waals surface area contributed by atoms with E-state index < -0.39 is 0 Å². The van der Waals surface area contributed by atoms with Crippen molar-refractivity contribution in [3.8, 4) is 11.8 Å². The van der Waals surface area contributed by atoms with Crippen LogP contribution in [0.4, 0.5) is 10.1 Å². The average molecular weight is 394 g/mol. The molecule has 2 heterocycles. The average Bonchev–Trinajstić information content (AvgIpc) is 3.11. The number of anilines is 1. The molecule has 1 aliphatic rings. The predicted octanol–water partition coefficient (Wildman–Crippen LogP) is 1.14. The molecule has 0 bridgehead atoms. The number of nitrogens with two attached hydrogens (primary N) is 1. The molecular formula is C23H27FN4O. The van der Waals surface area contributed by atoms with E-state index in [0.29, 0.717) is 19.8 Å². The highest BCUT2D eigenvalue weighted by molar-refractivity contribution is 5.51. The van der Waals surface area contributed by atoms with Crippen molar-refractivity contribution in [2.45, 2.75) is 0 Å². The molecule has 0 amide bonds. The first-order chi connectivity index (χ1) is 14.1. The molecule has 2 aromatic rings. The van der Waals surface area contributed by atoms with E-state index in [9.17, 15) is 4.39 Å². The van der Waals surface area contributed by atoms with Crippen molar-refractivity contribution in [1.82, 2.24) is 9.88 Å². The zero-order chi connectivity index (χ0) is 20.6. The number of aromatic nitrogens is 1. The van der Waals surface area contributed by atoms with Gasteiger partial charge < -0.3 is 25.3 Å². The van der Waals surface area contributed by atoms with E-state index in [1.165, 1.54) is 0 Å². The van der Waals surface area contributed by atoms with Gasteiger partial charge >= 0.3 is 0 Å². The van der Waals surface area contributed by atoms with Gasteiger partial charge in [0.05, 0.1) is 24.7 Å². The van der Waals surface area contributed by atoms with Gasteiger partial charge in [0.2, 0.25) is 0 Å². The number of allylic oxidation sites excluding steroid dienone is 1. The van der Waals surface area contributed by atoms with Crippen LogP contribution in [0.3, 0.4) is 0 Å². The smallest absolute Gasteiger partial charge is 0.107 e. The summed E-state index contributed by atoms with van der Waals surface area (Å²) in [6, 6.07) is 9.72. The van der Waals surface area contributed by atoms with E-state index in [2.05, 4.69) is 28.3 Å². The fraction of sp³-hybridized carbons (Fsp3) is 0.304. The molecule has 29 heavy (non-hydrogen) atoms. The molecule has 0 spiro atoms. The van der Waals surface area contributed by atoms with Crippen molar-refractivity contribution < 1.29 is 9.13 Å². The minimum absolute atomic E-state index is 0.370. The van der Waals surface area contributed by atoms with Gasteiger partial charge in [0.1, 0.15) is 6.67 Å². The number of hydrogen-bond acceptors (Lipinski definition) is 4. The molecule has 5 nitrogen and oxygen atoms in total. The molecule has 1 aromatic heterocycles. The molecule has 0 atom stereocenters. The topological polar surface area (TPSA) is 57.5 Å². The van der Waals surface area contributed by atoms with Crippen molar-refractivity contribution in [3.05, 3.63) is 64.1 Å². The van der Waals surface area contributed by atoms with Crippen molar-refractivity contribution >= 4 is 18.3 Å². The zero-order valence-electron chi connectivity index (χ0n) is 16.7. The van der Waals surface area contributed by atoms with E-state index in [0.717, 1.165) is 46.4 Å². The maximum Gasteiger partial charge on any atom is 0.107 e. The maximum atomic E-state index is 12.5. The number of alkyl halides is 1. The van der Waals surface area contributed by atoms with Crippen LogP contribution in [0, 0.1) is 11.8 Å². The Morgan fingerprint density at radius 2 is 2.03 bits per heavy atom. The Bertz CT molecular complexity index is 1010. The molecule has 1 aromatic carbocycles. The third kappa shape index (κ3) is 5.66. The number of ether oxygens (including phenoxy) is 1. The third-order valence-electron chi connectivity index (χ3n) is 4.81. The molecule has 0 aliphatic carbocycles. The number of hydrogen-bond donors (Lipinski definition) is 2. The number of aromatic amines is 1. The second-order valence-electron chi connectivity index (χ2n) is 6.88. The van der Waals surface area contributed by atoms with Crippen LogP contribution < -0.4 is 21.2 Å². The molecule has 0 radical (unpaired) electrons. The van der Waals surface area contributed by atoms with Crippen LogP contribution >= 0.6 is 0 Å². The van der Waals surface area contributed by atoms with E-state index in [-0.39, 0.29) is 6.67 Å². The van der Waals surface area contributed by atoms with Gasteiger partial charge in [-0.25, -0.2) is 4.39 Å². The summed E-state index contributed by atoms with van der Waals surface area (Å²) in [6.45, 7) is 7.06. The van der Waals surface area contributed by atoms with Crippen molar-refractivity contribution in [2.24, 2.45) is 5.73 Å². The Morgan fingerprint density at radius 3 is 2.72 bits per heavy atom. The SMILES string of the molecule is C=c1[nH]c(C#Cc2ccc(N(C)CCF)cc2)c/c1=C/C=C(\N)N1CCOCC1. The third-order valence-corrected chi connectivity index (χ3v) is 4.81. The summed E-state index contributed by atoms with van der Waals surface area (Å²) in [4.78, 5) is 7.17. The molecule has 1 saturated heterocycles. The standard InChI is InChI=1S/C23H27FN4O/c1-18-20(6-10-23(25)28-13-15-29-16-14-28)17-21(26-18)7-3-19-4-8-22(9-5-19)27(2)12-11-24/h4-6,8-10,17,26H,1,11-16,25H2,2H3/b20-6-,23-10+. The van der Waals surface area contributed by atoms with E-state index >= 15 is 0 Å². The lowest BCUT2D eigenvalue weighted by Crippen LogP contribution is -2.38. The molecule has 152 valence electrons. The van der Waals surface area contributed by atoms with Crippen LogP contribution in [0.5, 0.6) is 0 Å². The van der Waals surface area contributed by atoms with Gasteiger partial charge in [0.15, 0.2) is 0 Å².